The molecule has 1 rings (SSSR count). The van der Waals surface area contributed by atoms with E-state index in [1.165, 1.54) is 0 Å². The highest BCUT2D eigenvalue weighted by atomic mass is 32.1. The number of hydrogen-bond donors (Lipinski definition) is 0. The van der Waals surface area contributed by atoms with Crippen LogP contribution in [0.5, 0.6) is 0 Å². The first-order valence-corrected chi connectivity index (χ1v) is 6.01. The van der Waals surface area contributed by atoms with E-state index in [-0.39, 0.29) is 5.91 Å². The van der Waals surface area contributed by atoms with Crippen LogP contribution in [0.25, 0.3) is 0 Å². The van der Waals surface area contributed by atoms with Gasteiger partial charge in [0.25, 0.3) is 0 Å². The lowest BCUT2D eigenvalue weighted by atomic mass is 10.2. The molecule has 0 bridgehead atoms. The fourth-order valence-electron chi connectivity index (χ4n) is 1.58. The molecule has 2 nitrogen and oxygen atoms in total. The summed E-state index contributed by atoms with van der Waals surface area (Å²) in [5.41, 5.74) is 0.918. The largest absolute Gasteiger partial charge is 0.312 e. The number of para-hydroxylation sites is 1. The molecule has 0 spiro atoms. The minimum atomic E-state index is 0.0394. The number of carbonyl (C=O) groups excluding carboxylic acids is 1. The summed E-state index contributed by atoms with van der Waals surface area (Å²) >= 11 is 5.20. The molecule has 0 aliphatic rings. The van der Waals surface area contributed by atoms with Gasteiger partial charge in [0.1, 0.15) is 0 Å². The van der Waals surface area contributed by atoms with Gasteiger partial charge >= 0.3 is 0 Å². The fourth-order valence-corrected chi connectivity index (χ4v) is 1.78. The van der Waals surface area contributed by atoms with E-state index >= 15 is 0 Å². The number of thiocarbonyl (C=S) groups is 1. The summed E-state index contributed by atoms with van der Waals surface area (Å²) < 4.78 is 0. The van der Waals surface area contributed by atoms with Crippen molar-refractivity contribution in [1.29, 1.82) is 0 Å². The lowest BCUT2D eigenvalue weighted by molar-refractivity contribution is -0.116. The van der Waals surface area contributed by atoms with Crippen LogP contribution in [0.15, 0.2) is 43.0 Å². The maximum absolute atomic E-state index is 11.6. The van der Waals surface area contributed by atoms with Crippen molar-refractivity contribution in [3.63, 3.8) is 0 Å². The highest BCUT2D eigenvalue weighted by molar-refractivity contribution is 7.80. The van der Waals surface area contributed by atoms with Crippen LogP contribution in [-0.2, 0) is 4.79 Å². The smallest absolute Gasteiger partial charge is 0.223 e. The molecule has 0 saturated heterocycles. The summed E-state index contributed by atoms with van der Waals surface area (Å²) in [7, 11) is 0. The monoisotopic (exact) mass is 247 g/mol. The van der Waals surface area contributed by atoms with Gasteiger partial charge in [-0.25, -0.2) is 0 Å². The summed E-state index contributed by atoms with van der Waals surface area (Å²) in [6.45, 7) is 5.86. The van der Waals surface area contributed by atoms with Crippen LogP contribution in [0.3, 0.4) is 0 Å². The van der Waals surface area contributed by atoms with Gasteiger partial charge in [0.15, 0.2) is 0 Å². The van der Waals surface area contributed by atoms with Gasteiger partial charge in [-0.2, -0.15) is 0 Å². The average molecular weight is 247 g/mol. The Morgan fingerprint density at radius 3 is 2.59 bits per heavy atom. The summed E-state index contributed by atoms with van der Waals surface area (Å²) in [5, 5.41) is 0. The molecule has 0 radical (unpaired) electrons. The van der Waals surface area contributed by atoms with E-state index in [1.54, 1.807) is 17.9 Å². The molecule has 0 aliphatic carbocycles. The number of benzene rings is 1. The molecule has 0 fully saturated rings. The first-order chi connectivity index (χ1) is 8.15. The van der Waals surface area contributed by atoms with Gasteiger partial charge in [0.05, 0.1) is 0 Å². The zero-order valence-electron chi connectivity index (χ0n) is 10.1. The third-order valence-corrected chi connectivity index (χ3v) is 2.81. The second-order valence-electron chi connectivity index (χ2n) is 3.79. The van der Waals surface area contributed by atoms with Crippen molar-refractivity contribution in [2.45, 2.75) is 19.8 Å². The van der Waals surface area contributed by atoms with Crippen molar-refractivity contribution in [2.24, 2.45) is 0 Å². The summed E-state index contributed by atoms with van der Waals surface area (Å²) in [5.74, 6) is 0.0394. The Labute approximate surface area is 108 Å². The molecule has 3 heteroatoms. The number of nitrogens with zero attached hydrogens (tertiary/aromatic N) is 1. The van der Waals surface area contributed by atoms with Crippen LogP contribution in [0.4, 0.5) is 5.69 Å². The number of rotatable bonds is 6. The lowest BCUT2D eigenvalue weighted by Crippen LogP contribution is -2.30. The number of allylic oxidation sites excluding steroid dienone is 1. The highest BCUT2D eigenvalue weighted by Crippen LogP contribution is 2.14. The van der Waals surface area contributed by atoms with Crippen LogP contribution in [-0.4, -0.2) is 17.3 Å². The Bertz CT molecular complexity index is 400. The van der Waals surface area contributed by atoms with Crippen molar-refractivity contribution in [3.05, 3.63) is 43.0 Å². The van der Waals surface area contributed by atoms with Crippen molar-refractivity contribution in [1.82, 2.24) is 0 Å². The van der Waals surface area contributed by atoms with Crippen LogP contribution in [0.2, 0.25) is 0 Å². The van der Waals surface area contributed by atoms with Crippen molar-refractivity contribution >= 4 is 28.7 Å². The zero-order chi connectivity index (χ0) is 12.7. The average Bonchev–Trinajstić information content (AvgIpc) is 2.30. The Balaban J connectivity index is 2.65. The number of anilines is 1. The van der Waals surface area contributed by atoms with Crippen molar-refractivity contribution in [2.75, 3.05) is 11.4 Å². The molecule has 90 valence electrons. The minimum absolute atomic E-state index is 0.0394. The Kier molecular flexibility index (Phi) is 5.57. The standard InChI is InChI=1S/C14H17NOS/c1-3-7-14(17)10-11-15(12(2)16)13-8-5-4-6-9-13/h3-6,8-9H,1,7,10-11H2,2H3. The van der Waals surface area contributed by atoms with Gasteiger partial charge in [-0.1, -0.05) is 36.5 Å². The molecule has 0 atom stereocenters. The predicted octanol–water partition coefficient (Wildman–Crippen LogP) is 3.38. The molecule has 0 aromatic heterocycles. The molecular weight excluding hydrogens is 230 g/mol. The molecule has 0 N–H and O–H groups in total. The molecule has 1 amide bonds. The Hall–Kier alpha value is -1.48. The van der Waals surface area contributed by atoms with E-state index in [0.717, 1.165) is 23.4 Å². The number of carbonyl (C=O) groups is 1. The van der Waals surface area contributed by atoms with Crippen molar-refractivity contribution < 1.29 is 4.79 Å². The third kappa shape index (κ3) is 4.49. The SMILES string of the molecule is C=CCC(=S)CCN(C(C)=O)c1ccccc1. The maximum atomic E-state index is 11.6. The topological polar surface area (TPSA) is 20.3 Å². The first-order valence-electron chi connectivity index (χ1n) is 5.61. The predicted molar refractivity (Wildman–Crippen MR) is 76.5 cm³/mol. The quantitative estimate of drug-likeness (QED) is 0.567. The molecule has 1 aromatic carbocycles. The first kappa shape index (κ1) is 13.6. The van der Waals surface area contributed by atoms with Crippen LogP contribution >= 0.6 is 12.2 Å². The molecule has 0 unspecified atom stereocenters. The summed E-state index contributed by atoms with van der Waals surface area (Å²) in [6.07, 6.45) is 3.26. The Morgan fingerprint density at radius 1 is 1.41 bits per heavy atom. The van der Waals surface area contributed by atoms with Gasteiger partial charge in [-0.3, -0.25) is 4.79 Å². The Morgan fingerprint density at radius 2 is 2.06 bits per heavy atom. The summed E-state index contributed by atoms with van der Waals surface area (Å²) in [6, 6.07) is 9.64. The number of hydrogen-bond acceptors (Lipinski definition) is 2. The molecule has 0 aliphatic heterocycles. The van der Waals surface area contributed by atoms with E-state index in [4.69, 9.17) is 12.2 Å². The van der Waals surface area contributed by atoms with Gasteiger partial charge in [0, 0.05) is 19.2 Å². The van der Waals surface area contributed by atoms with E-state index in [2.05, 4.69) is 6.58 Å². The summed E-state index contributed by atoms with van der Waals surface area (Å²) in [4.78, 5) is 14.3. The fraction of sp³-hybridized carbons (Fsp3) is 0.286. The van der Waals surface area contributed by atoms with Gasteiger partial charge in [-0.15, -0.1) is 6.58 Å². The molecule has 0 saturated carbocycles. The van der Waals surface area contributed by atoms with E-state index < -0.39 is 0 Å². The highest BCUT2D eigenvalue weighted by Gasteiger charge is 2.10. The zero-order valence-corrected chi connectivity index (χ0v) is 10.9. The van der Waals surface area contributed by atoms with Gasteiger partial charge in [-0.05, 0) is 29.8 Å². The van der Waals surface area contributed by atoms with Crippen LogP contribution in [0, 0.1) is 0 Å². The van der Waals surface area contributed by atoms with E-state index in [0.29, 0.717) is 6.54 Å². The van der Waals surface area contributed by atoms with Gasteiger partial charge in [0.2, 0.25) is 5.91 Å². The molecule has 17 heavy (non-hydrogen) atoms. The molecule has 1 aromatic rings. The van der Waals surface area contributed by atoms with Crippen LogP contribution in [0.1, 0.15) is 19.8 Å². The maximum Gasteiger partial charge on any atom is 0.223 e. The van der Waals surface area contributed by atoms with Gasteiger partial charge < -0.3 is 4.90 Å². The second kappa shape index (κ2) is 6.97. The third-order valence-electron chi connectivity index (χ3n) is 2.43. The van der Waals surface area contributed by atoms with Crippen LogP contribution < -0.4 is 4.90 Å². The normalized spacial score (nSPS) is 9.71. The molecule has 0 heterocycles. The second-order valence-corrected chi connectivity index (χ2v) is 4.37. The number of amides is 1. The lowest BCUT2D eigenvalue weighted by Gasteiger charge is -2.21. The molecular formula is C14H17NOS. The minimum Gasteiger partial charge on any atom is -0.312 e. The van der Waals surface area contributed by atoms with Crippen molar-refractivity contribution in [3.8, 4) is 0 Å². The van der Waals surface area contributed by atoms with E-state index in [9.17, 15) is 4.79 Å². The van der Waals surface area contributed by atoms with E-state index in [1.807, 2.05) is 30.3 Å².